The van der Waals surface area contributed by atoms with Crippen LogP contribution in [0.5, 0.6) is 0 Å². The zero-order valence-electron chi connectivity index (χ0n) is 8.81. The molecule has 0 atom stereocenters. The minimum absolute atomic E-state index is 0.197. The van der Waals surface area contributed by atoms with Crippen LogP contribution in [-0.2, 0) is 9.59 Å². The number of aliphatic carboxylic acids is 1. The largest absolute Gasteiger partial charge is 0.481 e. The molecule has 16 heavy (non-hydrogen) atoms. The first kappa shape index (κ1) is 12.3. The minimum Gasteiger partial charge on any atom is -0.481 e. The Morgan fingerprint density at radius 3 is 2.31 bits per heavy atom. The molecule has 0 bridgehead atoms. The molecule has 1 aliphatic heterocycles. The fourth-order valence-corrected chi connectivity index (χ4v) is 1.60. The Balaban J connectivity index is 2.33. The van der Waals surface area contributed by atoms with E-state index in [1.54, 1.807) is 0 Å². The number of nitrogens with two attached hydrogens (primary N) is 1. The number of amides is 3. The summed E-state index contributed by atoms with van der Waals surface area (Å²) in [6, 6.07) is -0.373. The summed E-state index contributed by atoms with van der Waals surface area (Å²) in [5, 5.41) is 11.1. The van der Waals surface area contributed by atoms with Crippen LogP contribution in [0.4, 0.5) is 4.79 Å². The van der Waals surface area contributed by atoms with Crippen molar-refractivity contribution in [1.29, 1.82) is 0 Å². The molecule has 0 aromatic heterocycles. The summed E-state index contributed by atoms with van der Waals surface area (Å²) in [4.78, 5) is 34.0. The van der Waals surface area contributed by atoms with Crippen molar-refractivity contribution in [2.45, 2.75) is 12.8 Å². The van der Waals surface area contributed by atoms with E-state index in [1.165, 1.54) is 4.90 Å². The second-order valence-corrected chi connectivity index (χ2v) is 3.72. The SMILES string of the molecule is NC(=O)CNC(=O)N1CCC(C(=O)O)CC1. The first-order valence-corrected chi connectivity index (χ1v) is 5.04. The molecule has 90 valence electrons. The van der Waals surface area contributed by atoms with Crippen LogP contribution in [-0.4, -0.2) is 47.5 Å². The van der Waals surface area contributed by atoms with Crippen molar-refractivity contribution in [2.75, 3.05) is 19.6 Å². The van der Waals surface area contributed by atoms with E-state index in [4.69, 9.17) is 10.8 Å². The Kier molecular flexibility index (Phi) is 4.10. The monoisotopic (exact) mass is 229 g/mol. The van der Waals surface area contributed by atoms with Crippen molar-refractivity contribution in [3.8, 4) is 0 Å². The number of primary amides is 1. The Labute approximate surface area is 92.6 Å². The molecule has 4 N–H and O–H groups in total. The number of carbonyl (C=O) groups is 3. The van der Waals surface area contributed by atoms with Gasteiger partial charge in [-0.3, -0.25) is 9.59 Å². The first-order valence-electron chi connectivity index (χ1n) is 5.04. The number of hydrogen-bond donors (Lipinski definition) is 3. The molecule has 1 fully saturated rings. The smallest absolute Gasteiger partial charge is 0.317 e. The normalized spacial score (nSPS) is 16.9. The maximum absolute atomic E-state index is 11.4. The van der Waals surface area contributed by atoms with Crippen LogP contribution in [0.15, 0.2) is 0 Å². The second-order valence-electron chi connectivity index (χ2n) is 3.72. The summed E-state index contributed by atoms with van der Waals surface area (Å²) in [5.41, 5.74) is 4.88. The molecule has 0 radical (unpaired) electrons. The van der Waals surface area contributed by atoms with Crippen LogP contribution < -0.4 is 11.1 Å². The number of nitrogens with one attached hydrogen (secondary N) is 1. The first-order chi connectivity index (χ1) is 7.50. The lowest BCUT2D eigenvalue weighted by molar-refractivity contribution is -0.143. The summed E-state index contributed by atoms with van der Waals surface area (Å²) >= 11 is 0. The fraction of sp³-hybridized carbons (Fsp3) is 0.667. The minimum atomic E-state index is -0.822. The number of nitrogens with zero attached hydrogens (tertiary/aromatic N) is 1. The van der Waals surface area contributed by atoms with E-state index in [-0.39, 0.29) is 18.5 Å². The highest BCUT2D eigenvalue weighted by Gasteiger charge is 2.26. The van der Waals surface area contributed by atoms with Gasteiger partial charge in [0.15, 0.2) is 0 Å². The molecule has 3 amide bonds. The number of carboxylic acid groups (broad SMARTS) is 1. The maximum atomic E-state index is 11.4. The maximum Gasteiger partial charge on any atom is 0.317 e. The quantitative estimate of drug-likeness (QED) is 0.574. The van der Waals surface area contributed by atoms with E-state index in [0.717, 1.165) is 0 Å². The number of urea groups is 1. The van der Waals surface area contributed by atoms with Crippen LogP contribution in [0.2, 0.25) is 0 Å². The molecule has 1 heterocycles. The van der Waals surface area contributed by atoms with Crippen molar-refractivity contribution < 1.29 is 19.5 Å². The lowest BCUT2D eigenvalue weighted by atomic mass is 9.97. The van der Waals surface area contributed by atoms with E-state index in [2.05, 4.69) is 5.32 Å². The van der Waals surface area contributed by atoms with Crippen LogP contribution in [0.3, 0.4) is 0 Å². The molecule has 7 heteroatoms. The predicted octanol–water partition coefficient (Wildman–Crippen LogP) is -1.02. The molecule has 1 rings (SSSR count). The van der Waals surface area contributed by atoms with Gasteiger partial charge >= 0.3 is 12.0 Å². The average Bonchev–Trinajstić information content (AvgIpc) is 2.26. The molecule has 0 saturated carbocycles. The molecule has 0 aliphatic carbocycles. The van der Waals surface area contributed by atoms with Gasteiger partial charge in [0.1, 0.15) is 0 Å². The van der Waals surface area contributed by atoms with E-state index in [1.807, 2.05) is 0 Å². The standard InChI is InChI=1S/C9H15N3O4/c10-7(13)5-11-9(16)12-3-1-6(2-4-12)8(14)15/h6H,1-5H2,(H2,10,13)(H,11,16)(H,14,15). The van der Waals surface area contributed by atoms with Gasteiger partial charge in [-0.25, -0.2) is 4.79 Å². The fourth-order valence-electron chi connectivity index (χ4n) is 1.60. The Morgan fingerprint density at radius 2 is 1.88 bits per heavy atom. The van der Waals surface area contributed by atoms with Crippen LogP contribution in [0.1, 0.15) is 12.8 Å². The summed E-state index contributed by atoms with van der Waals surface area (Å²) in [6.07, 6.45) is 0.888. The summed E-state index contributed by atoms with van der Waals surface area (Å²) in [7, 11) is 0. The van der Waals surface area contributed by atoms with E-state index >= 15 is 0 Å². The van der Waals surface area contributed by atoms with Crippen molar-refractivity contribution in [3.63, 3.8) is 0 Å². The van der Waals surface area contributed by atoms with E-state index < -0.39 is 11.9 Å². The number of carbonyl (C=O) groups excluding carboxylic acids is 2. The van der Waals surface area contributed by atoms with Crippen molar-refractivity contribution in [3.05, 3.63) is 0 Å². The van der Waals surface area contributed by atoms with Gasteiger partial charge in [-0.05, 0) is 12.8 Å². The molecule has 0 aromatic carbocycles. The summed E-state index contributed by atoms with van der Waals surface area (Å²) < 4.78 is 0. The van der Waals surface area contributed by atoms with Crippen molar-refractivity contribution >= 4 is 17.9 Å². The summed E-state index contributed by atoms with van der Waals surface area (Å²) in [6.45, 7) is 0.584. The van der Waals surface area contributed by atoms with Gasteiger partial charge in [-0.1, -0.05) is 0 Å². The van der Waals surface area contributed by atoms with Gasteiger partial charge in [-0.2, -0.15) is 0 Å². The van der Waals surface area contributed by atoms with Gasteiger partial charge in [-0.15, -0.1) is 0 Å². The molecule has 0 spiro atoms. The van der Waals surface area contributed by atoms with Gasteiger partial charge in [0.05, 0.1) is 12.5 Å². The molecule has 0 unspecified atom stereocenters. The number of piperidine rings is 1. The Hall–Kier alpha value is -1.79. The summed E-state index contributed by atoms with van der Waals surface area (Å²) in [5.74, 6) is -1.80. The number of carboxylic acids is 1. The van der Waals surface area contributed by atoms with Crippen LogP contribution in [0, 0.1) is 5.92 Å². The number of rotatable bonds is 3. The van der Waals surface area contributed by atoms with Gasteiger partial charge < -0.3 is 21.1 Å². The molecule has 1 saturated heterocycles. The second kappa shape index (κ2) is 5.34. The lowest BCUT2D eigenvalue weighted by Crippen LogP contribution is -2.47. The molecule has 1 aliphatic rings. The highest BCUT2D eigenvalue weighted by Crippen LogP contribution is 2.16. The topological polar surface area (TPSA) is 113 Å². The molecular formula is C9H15N3O4. The predicted molar refractivity (Wildman–Crippen MR) is 54.5 cm³/mol. The Morgan fingerprint density at radius 1 is 1.31 bits per heavy atom. The number of hydrogen-bond acceptors (Lipinski definition) is 3. The average molecular weight is 229 g/mol. The van der Waals surface area contributed by atoms with Crippen LogP contribution >= 0.6 is 0 Å². The van der Waals surface area contributed by atoms with Crippen LogP contribution in [0.25, 0.3) is 0 Å². The Bertz CT molecular complexity index is 297. The zero-order chi connectivity index (χ0) is 12.1. The third-order valence-corrected chi connectivity index (χ3v) is 2.55. The van der Waals surface area contributed by atoms with Gasteiger partial charge in [0, 0.05) is 13.1 Å². The molecular weight excluding hydrogens is 214 g/mol. The highest BCUT2D eigenvalue weighted by molar-refractivity contribution is 5.83. The highest BCUT2D eigenvalue weighted by atomic mass is 16.4. The van der Waals surface area contributed by atoms with E-state index in [9.17, 15) is 14.4 Å². The van der Waals surface area contributed by atoms with Gasteiger partial charge in [0.25, 0.3) is 0 Å². The lowest BCUT2D eigenvalue weighted by Gasteiger charge is -2.29. The zero-order valence-corrected chi connectivity index (χ0v) is 8.81. The van der Waals surface area contributed by atoms with Crippen molar-refractivity contribution in [1.82, 2.24) is 10.2 Å². The third-order valence-electron chi connectivity index (χ3n) is 2.55. The molecule has 7 nitrogen and oxygen atoms in total. The number of likely N-dealkylation sites (tertiary alicyclic amines) is 1. The van der Waals surface area contributed by atoms with Crippen molar-refractivity contribution in [2.24, 2.45) is 11.7 Å². The molecule has 0 aromatic rings. The van der Waals surface area contributed by atoms with E-state index in [0.29, 0.717) is 25.9 Å². The van der Waals surface area contributed by atoms with Gasteiger partial charge in [0.2, 0.25) is 5.91 Å². The third kappa shape index (κ3) is 3.41.